The molecular weight excluding hydrogens is 281 g/mol. The van der Waals surface area contributed by atoms with Crippen molar-refractivity contribution in [3.05, 3.63) is 39.9 Å². The Morgan fingerprint density at radius 1 is 1.35 bits per heavy atom. The number of nitro benzene ring substituents is 1. The van der Waals surface area contributed by atoms with Crippen molar-refractivity contribution in [2.24, 2.45) is 0 Å². The number of nitrogens with one attached hydrogen (secondary N) is 1. The first-order valence-corrected chi connectivity index (χ1v) is 5.36. The number of carboxylic acid groups (broad SMARTS) is 1. The molecular formula is C11H11F3N2O4. The lowest BCUT2D eigenvalue weighted by Crippen LogP contribution is -2.57. The summed E-state index contributed by atoms with van der Waals surface area (Å²) in [5.41, 5.74) is -2.80. The van der Waals surface area contributed by atoms with Crippen LogP contribution in [0.2, 0.25) is 0 Å². The minimum absolute atomic E-state index is 0.129. The van der Waals surface area contributed by atoms with Crippen molar-refractivity contribution in [3.63, 3.8) is 0 Å². The number of rotatable bonds is 4. The van der Waals surface area contributed by atoms with E-state index in [0.29, 0.717) is 6.92 Å². The van der Waals surface area contributed by atoms with Crippen molar-refractivity contribution in [1.82, 2.24) is 5.32 Å². The van der Waals surface area contributed by atoms with E-state index in [0.717, 1.165) is 24.3 Å². The zero-order valence-corrected chi connectivity index (χ0v) is 10.3. The fraction of sp³-hybridized carbons (Fsp3) is 0.364. The van der Waals surface area contributed by atoms with Crippen molar-refractivity contribution >= 4 is 11.8 Å². The third-order valence-electron chi connectivity index (χ3n) is 2.71. The van der Waals surface area contributed by atoms with Crippen LogP contribution >= 0.6 is 0 Å². The minimum atomic E-state index is -4.80. The van der Waals surface area contributed by atoms with Gasteiger partial charge in [-0.25, -0.2) is 4.79 Å². The maximum atomic E-state index is 12.9. The number of nitrogens with zero attached hydrogens (tertiary/aromatic N) is 1. The monoisotopic (exact) mass is 292 g/mol. The largest absolute Gasteiger partial charge is 0.465 e. The highest BCUT2D eigenvalue weighted by Gasteiger charge is 2.52. The van der Waals surface area contributed by atoms with Gasteiger partial charge >= 0.3 is 12.3 Å². The number of benzene rings is 1. The molecule has 110 valence electrons. The Hall–Kier alpha value is -2.32. The Kier molecular flexibility index (Phi) is 4.21. The van der Waals surface area contributed by atoms with Gasteiger partial charge in [0.2, 0.25) is 0 Å². The van der Waals surface area contributed by atoms with Gasteiger partial charge in [0.05, 0.1) is 4.92 Å². The molecule has 1 unspecified atom stereocenters. The molecule has 0 heterocycles. The zero-order chi connectivity index (χ0) is 15.6. The Labute approximate surface area is 111 Å². The van der Waals surface area contributed by atoms with Gasteiger partial charge in [-0.05, 0) is 12.5 Å². The molecule has 1 amide bonds. The van der Waals surface area contributed by atoms with Gasteiger partial charge in [-0.3, -0.25) is 10.1 Å². The molecule has 0 aromatic heterocycles. The lowest BCUT2D eigenvalue weighted by atomic mass is 9.92. The number of non-ortho nitro benzene ring substituents is 1. The molecule has 0 saturated heterocycles. The summed E-state index contributed by atoms with van der Waals surface area (Å²) in [6, 6.07) is 4.44. The summed E-state index contributed by atoms with van der Waals surface area (Å²) in [6.45, 7) is 0.711. The lowest BCUT2D eigenvalue weighted by molar-refractivity contribution is -0.384. The molecule has 0 aliphatic heterocycles. The smallest absolute Gasteiger partial charge is 0.411 e. The summed E-state index contributed by atoms with van der Waals surface area (Å²) in [5, 5.41) is 20.4. The summed E-state index contributed by atoms with van der Waals surface area (Å²) in [4.78, 5) is 20.3. The van der Waals surface area contributed by atoms with Gasteiger partial charge in [0.25, 0.3) is 5.69 Å². The number of hydrogen-bond acceptors (Lipinski definition) is 3. The van der Waals surface area contributed by atoms with E-state index in [2.05, 4.69) is 0 Å². The molecule has 2 N–H and O–H groups in total. The van der Waals surface area contributed by atoms with Crippen LogP contribution in [0.25, 0.3) is 0 Å². The molecule has 0 bridgehead atoms. The van der Waals surface area contributed by atoms with Gasteiger partial charge in [0.15, 0.2) is 0 Å². The maximum absolute atomic E-state index is 12.9. The number of amides is 1. The van der Waals surface area contributed by atoms with E-state index in [1.165, 1.54) is 5.32 Å². The fourth-order valence-corrected chi connectivity index (χ4v) is 1.60. The van der Waals surface area contributed by atoms with Crippen LogP contribution in [0, 0.1) is 10.1 Å². The van der Waals surface area contributed by atoms with Gasteiger partial charge in [-0.2, -0.15) is 13.2 Å². The van der Waals surface area contributed by atoms with E-state index in [9.17, 15) is 28.1 Å². The second-order valence-electron chi connectivity index (χ2n) is 4.36. The van der Waals surface area contributed by atoms with Crippen molar-refractivity contribution in [2.75, 3.05) is 0 Å². The van der Waals surface area contributed by atoms with Crippen LogP contribution in [-0.4, -0.2) is 27.8 Å². The van der Waals surface area contributed by atoms with Gasteiger partial charge < -0.3 is 10.4 Å². The molecule has 0 fully saturated rings. The Balaban J connectivity index is 3.01. The number of hydrogen-bond donors (Lipinski definition) is 2. The van der Waals surface area contributed by atoms with Gasteiger partial charge in [0, 0.05) is 18.6 Å². The third-order valence-corrected chi connectivity index (χ3v) is 2.71. The molecule has 1 aromatic rings. The highest BCUT2D eigenvalue weighted by Crippen LogP contribution is 2.33. The Bertz CT molecular complexity index is 515. The summed E-state index contributed by atoms with van der Waals surface area (Å²) in [6.07, 6.45) is -7.26. The van der Waals surface area contributed by atoms with Crippen molar-refractivity contribution in [3.8, 4) is 0 Å². The van der Waals surface area contributed by atoms with Gasteiger partial charge in [-0.1, -0.05) is 12.1 Å². The Morgan fingerprint density at radius 2 is 1.85 bits per heavy atom. The normalized spacial score (nSPS) is 14.4. The van der Waals surface area contributed by atoms with Gasteiger partial charge in [-0.15, -0.1) is 0 Å². The summed E-state index contributed by atoms with van der Waals surface area (Å²) >= 11 is 0. The van der Waals surface area contributed by atoms with E-state index in [-0.39, 0.29) is 11.3 Å². The first-order chi connectivity index (χ1) is 9.05. The van der Waals surface area contributed by atoms with Crippen molar-refractivity contribution < 1.29 is 28.0 Å². The van der Waals surface area contributed by atoms with Crippen molar-refractivity contribution in [2.45, 2.75) is 25.1 Å². The second kappa shape index (κ2) is 5.35. The summed E-state index contributed by atoms with van der Waals surface area (Å²) < 4.78 is 38.8. The van der Waals surface area contributed by atoms with Crippen LogP contribution in [0.4, 0.5) is 23.7 Å². The third kappa shape index (κ3) is 3.59. The van der Waals surface area contributed by atoms with Crippen LogP contribution in [0.1, 0.15) is 12.5 Å². The molecule has 1 aromatic carbocycles. The second-order valence-corrected chi connectivity index (χ2v) is 4.36. The van der Waals surface area contributed by atoms with Crippen LogP contribution in [-0.2, 0) is 6.42 Å². The Morgan fingerprint density at radius 3 is 2.20 bits per heavy atom. The van der Waals surface area contributed by atoms with Crippen LogP contribution in [0.3, 0.4) is 0 Å². The molecule has 0 spiro atoms. The average molecular weight is 292 g/mol. The van der Waals surface area contributed by atoms with Crippen molar-refractivity contribution in [1.29, 1.82) is 0 Å². The van der Waals surface area contributed by atoms with E-state index < -0.39 is 29.2 Å². The molecule has 0 radical (unpaired) electrons. The summed E-state index contributed by atoms with van der Waals surface area (Å²) in [7, 11) is 0. The van der Waals surface area contributed by atoms with Crippen LogP contribution in [0.15, 0.2) is 24.3 Å². The molecule has 1 rings (SSSR count). The quantitative estimate of drug-likeness (QED) is 0.659. The molecule has 9 heteroatoms. The topological polar surface area (TPSA) is 92.5 Å². The number of nitro groups is 1. The molecule has 0 saturated carbocycles. The standard InChI is InChI=1S/C11H11F3N2O4/c1-10(11(12,13)14,15-9(17)18)6-7-2-4-8(5-3-7)16(19)20/h2-5,15H,6H2,1H3,(H,17,18). The number of halogens is 3. The molecule has 0 aliphatic carbocycles. The first-order valence-electron chi connectivity index (χ1n) is 5.36. The van der Waals surface area contributed by atoms with E-state index in [1.54, 1.807) is 0 Å². The average Bonchev–Trinajstić information content (AvgIpc) is 2.26. The first kappa shape index (κ1) is 15.7. The maximum Gasteiger partial charge on any atom is 0.411 e. The zero-order valence-electron chi connectivity index (χ0n) is 10.3. The predicted octanol–water partition coefficient (Wildman–Crippen LogP) is 2.73. The highest BCUT2D eigenvalue weighted by molar-refractivity contribution is 5.65. The molecule has 0 aliphatic rings. The lowest BCUT2D eigenvalue weighted by Gasteiger charge is -2.31. The fourth-order valence-electron chi connectivity index (χ4n) is 1.60. The highest BCUT2D eigenvalue weighted by atomic mass is 19.4. The number of carbonyl (C=O) groups is 1. The number of alkyl halides is 3. The molecule has 20 heavy (non-hydrogen) atoms. The predicted molar refractivity (Wildman–Crippen MR) is 62.4 cm³/mol. The summed E-state index contributed by atoms with van der Waals surface area (Å²) in [5.74, 6) is 0. The minimum Gasteiger partial charge on any atom is -0.465 e. The van der Waals surface area contributed by atoms with Crippen LogP contribution in [0.5, 0.6) is 0 Å². The molecule has 1 atom stereocenters. The van der Waals surface area contributed by atoms with Gasteiger partial charge in [0.1, 0.15) is 5.54 Å². The molecule has 6 nitrogen and oxygen atoms in total. The van der Waals surface area contributed by atoms with E-state index in [1.807, 2.05) is 0 Å². The van der Waals surface area contributed by atoms with E-state index >= 15 is 0 Å². The SMILES string of the molecule is CC(Cc1ccc([N+](=O)[O-])cc1)(NC(=O)O)C(F)(F)F. The van der Waals surface area contributed by atoms with Crippen LogP contribution < -0.4 is 5.32 Å². The van der Waals surface area contributed by atoms with E-state index in [4.69, 9.17) is 5.11 Å².